The maximum Gasteiger partial charge on any atom is 0.270 e. The fourth-order valence-electron chi connectivity index (χ4n) is 2.34. The van der Waals surface area contributed by atoms with Crippen LogP contribution in [0.5, 0.6) is 0 Å². The first kappa shape index (κ1) is 13.0. The Balaban J connectivity index is 2.21. The second-order valence-corrected chi connectivity index (χ2v) is 5.23. The number of amides is 1. The lowest BCUT2D eigenvalue weighted by atomic mass is 9.98. The van der Waals surface area contributed by atoms with Gasteiger partial charge in [-0.15, -0.1) is 0 Å². The van der Waals surface area contributed by atoms with E-state index in [0.29, 0.717) is 17.0 Å². The number of aryl methyl sites for hydroxylation is 1. The van der Waals surface area contributed by atoms with Crippen LogP contribution in [0.25, 0.3) is 0 Å². The summed E-state index contributed by atoms with van der Waals surface area (Å²) in [7, 11) is 0. The fraction of sp³-hybridized carbons (Fsp3) is 0.500. The number of nitrogens with zero attached hydrogens (tertiary/aromatic N) is 1. The average molecular weight is 253 g/mol. The maximum absolute atomic E-state index is 13.2. The van der Waals surface area contributed by atoms with Crippen molar-refractivity contribution in [2.24, 2.45) is 5.92 Å². The molecule has 18 heavy (non-hydrogen) atoms. The number of halogens is 2. The summed E-state index contributed by atoms with van der Waals surface area (Å²) in [4.78, 5) is 13.8. The summed E-state index contributed by atoms with van der Waals surface area (Å²) in [5, 5.41) is 0. The molecule has 1 saturated heterocycles. The van der Waals surface area contributed by atoms with Crippen LogP contribution >= 0.6 is 0 Å². The molecule has 1 amide bonds. The predicted molar refractivity (Wildman–Crippen MR) is 65.8 cm³/mol. The largest absolute Gasteiger partial charge is 0.338 e. The van der Waals surface area contributed by atoms with Crippen molar-refractivity contribution in [2.75, 3.05) is 13.1 Å². The van der Waals surface area contributed by atoms with E-state index in [0.717, 1.165) is 20.0 Å². The number of hydrogen-bond acceptors (Lipinski definition) is 1. The molecule has 0 atom stereocenters. The molecule has 0 aromatic heterocycles. The van der Waals surface area contributed by atoms with Crippen LogP contribution in [0.1, 0.15) is 35.3 Å². The van der Waals surface area contributed by atoms with E-state index in [1.54, 1.807) is 17.9 Å². The van der Waals surface area contributed by atoms with Crippen molar-refractivity contribution in [3.63, 3.8) is 0 Å². The van der Waals surface area contributed by atoms with Crippen LogP contribution in [-0.2, 0) is 5.92 Å². The zero-order chi connectivity index (χ0) is 13.5. The van der Waals surface area contributed by atoms with Crippen molar-refractivity contribution >= 4 is 5.91 Å². The summed E-state index contributed by atoms with van der Waals surface area (Å²) in [6, 6.07) is 4.40. The van der Waals surface area contributed by atoms with Gasteiger partial charge in [0.1, 0.15) is 0 Å². The molecule has 0 bridgehead atoms. The summed E-state index contributed by atoms with van der Waals surface area (Å²) in [6.45, 7) is 6.07. The molecule has 1 aromatic carbocycles. The molecule has 1 fully saturated rings. The highest BCUT2D eigenvalue weighted by atomic mass is 19.3. The number of alkyl halides is 2. The smallest absolute Gasteiger partial charge is 0.270 e. The first-order valence-electron chi connectivity index (χ1n) is 6.07. The van der Waals surface area contributed by atoms with Crippen LogP contribution in [0.4, 0.5) is 8.78 Å². The zero-order valence-corrected chi connectivity index (χ0v) is 10.8. The standard InChI is InChI=1S/C14H17F2NO/c1-9-7-17(8-9)13(18)11-4-5-12(10(2)6-11)14(3,15)16/h4-6,9H,7-8H2,1-3H3. The van der Waals surface area contributed by atoms with Crippen LogP contribution in [-0.4, -0.2) is 23.9 Å². The number of carbonyl (C=O) groups excluding carboxylic acids is 1. The molecule has 2 rings (SSSR count). The van der Waals surface area contributed by atoms with E-state index in [-0.39, 0.29) is 11.5 Å². The van der Waals surface area contributed by atoms with Crippen molar-refractivity contribution in [1.29, 1.82) is 0 Å². The molecule has 0 aliphatic carbocycles. The Labute approximate surface area is 106 Å². The molecule has 1 aliphatic rings. The van der Waals surface area contributed by atoms with E-state index in [4.69, 9.17) is 0 Å². The molecule has 1 heterocycles. The van der Waals surface area contributed by atoms with E-state index < -0.39 is 5.92 Å². The molecule has 0 N–H and O–H groups in total. The number of benzene rings is 1. The van der Waals surface area contributed by atoms with Crippen LogP contribution in [0, 0.1) is 12.8 Å². The zero-order valence-electron chi connectivity index (χ0n) is 10.8. The second kappa shape index (κ2) is 4.34. The molecule has 2 nitrogen and oxygen atoms in total. The van der Waals surface area contributed by atoms with Gasteiger partial charge in [0.05, 0.1) is 0 Å². The van der Waals surface area contributed by atoms with E-state index in [1.165, 1.54) is 12.1 Å². The van der Waals surface area contributed by atoms with Gasteiger partial charge in [-0.1, -0.05) is 13.0 Å². The molecule has 0 radical (unpaired) electrons. The molecule has 1 aromatic rings. The summed E-state index contributed by atoms with van der Waals surface area (Å²) in [5.41, 5.74) is 0.936. The lowest BCUT2D eigenvalue weighted by Gasteiger charge is -2.37. The normalized spacial score (nSPS) is 16.6. The number of rotatable bonds is 2. The van der Waals surface area contributed by atoms with Gasteiger partial charge >= 0.3 is 0 Å². The Kier molecular flexibility index (Phi) is 3.13. The highest BCUT2D eigenvalue weighted by Crippen LogP contribution is 2.30. The van der Waals surface area contributed by atoms with E-state index in [1.807, 2.05) is 0 Å². The highest BCUT2D eigenvalue weighted by molar-refractivity contribution is 5.95. The Hall–Kier alpha value is -1.45. The van der Waals surface area contributed by atoms with Crippen LogP contribution in [0.2, 0.25) is 0 Å². The lowest BCUT2D eigenvalue weighted by molar-refractivity contribution is 0.0167. The van der Waals surface area contributed by atoms with E-state index in [9.17, 15) is 13.6 Å². The molecule has 4 heteroatoms. The van der Waals surface area contributed by atoms with Gasteiger partial charge in [0.2, 0.25) is 0 Å². The maximum atomic E-state index is 13.2. The van der Waals surface area contributed by atoms with Gasteiger partial charge in [0.15, 0.2) is 0 Å². The molecule has 0 spiro atoms. The average Bonchev–Trinajstić information content (AvgIpc) is 2.22. The quantitative estimate of drug-likeness (QED) is 0.792. The molecular weight excluding hydrogens is 236 g/mol. The molecule has 0 saturated carbocycles. The van der Waals surface area contributed by atoms with Gasteiger partial charge in [-0.25, -0.2) is 8.78 Å². The molecular formula is C14H17F2NO. The topological polar surface area (TPSA) is 20.3 Å². The summed E-state index contributed by atoms with van der Waals surface area (Å²) in [6.07, 6.45) is 0. The van der Waals surface area contributed by atoms with Gasteiger partial charge in [0.25, 0.3) is 11.8 Å². The SMILES string of the molecule is Cc1cc(C(=O)N2CC(C)C2)ccc1C(C)(F)F. The first-order valence-corrected chi connectivity index (χ1v) is 6.07. The van der Waals surface area contributed by atoms with Crippen molar-refractivity contribution < 1.29 is 13.6 Å². The lowest BCUT2D eigenvalue weighted by Crippen LogP contribution is -2.48. The minimum atomic E-state index is -2.86. The second-order valence-electron chi connectivity index (χ2n) is 5.23. The van der Waals surface area contributed by atoms with Gasteiger partial charge in [0, 0.05) is 31.1 Å². The Morgan fingerprint density at radius 1 is 1.39 bits per heavy atom. The Morgan fingerprint density at radius 3 is 2.44 bits per heavy atom. The fourth-order valence-corrected chi connectivity index (χ4v) is 2.34. The van der Waals surface area contributed by atoms with E-state index in [2.05, 4.69) is 6.92 Å². The third-order valence-corrected chi connectivity index (χ3v) is 3.30. The Morgan fingerprint density at radius 2 is 2.00 bits per heavy atom. The number of likely N-dealkylation sites (tertiary alicyclic amines) is 1. The van der Waals surface area contributed by atoms with Gasteiger partial charge in [-0.05, 0) is 30.5 Å². The van der Waals surface area contributed by atoms with Crippen LogP contribution < -0.4 is 0 Å². The first-order chi connectivity index (χ1) is 8.29. The number of hydrogen-bond donors (Lipinski definition) is 0. The van der Waals surface area contributed by atoms with Gasteiger partial charge in [-0.3, -0.25) is 4.79 Å². The molecule has 1 aliphatic heterocycles. The van der Waals surface area contributed by atoms with Crippen LogP contribution in [0.15, 0.2) is 18.2 Å². The summed E-state index contributed by atoms with van der Waals surface area (Å²) < 4.78 is 26.5. The van der Waals surface area contributed by atoms with Crippen molar-refractivity contribution in [1.82, 2.24) is 4.90 Å². The third-order valence-electron chi connectivity index (χ3n) is 3.30. The highest BCUT2D eigenvalue weighted by Gasteiger charge is 2.30. The summed E-state index contributed by atoms with van der Waals surface area (Å²) >= 11 is 0. The Bertz CT molecular complexity index is 473. The third kappa shape index (κ3) is 2.37. The minimum Gasteiger partial charge on any atom is -0.338 e. The molecule has 0 unspecified atom stereocenters. The minimum absolute atomic E-state index is 0.0176. The van der Waals surface area contributed by atoms with Crippen molar-refractivity contribution in [2.45, 2.75) is 26.7 Å². The van der Waals surface area contributed by atoms with Crippen molar-refractivity contribution in [3.05, 3.63) is 34.9 Å². The van der Waals surface area contributed by atoms with Crippen LogP contribution in [0.3, 0.4) is 0 Å². The molecule has 98 valence electrons. The number of carbonyl (C=O) groups is 1. The monoisotopic (exact) mass is 253 g/mol. The predicted octanol–water partition coefficient (Wildman–Crippen LogP) is 3.20. The van der Waals surface area contributed by atoms with Crippen molar-refractivity contribution in [3.8, 4) is 0 Å². The van der Waals surface area contributed by atoms with Gasteiger partial charge in [-0.2, -0.15) is 0 Å². The summed E-state index contributed by atoms with van der Waals surface area (Å²) in [5.74, 6) is -2.40. The van der Waals surface area contributed by atoms with Gasteiger partial charge < -0.3 is 4.90 Å². The van der Waals surface area contributed by atoms with E-state index >= 15 is 0 Å².